The molecule has 0 unspecified atom stereocenters. The van der Waals surface area contributed by atoms with Gasteiger partial charge in [0.25, 0.3) is 0 Å². The van der Waals surface area contributed by atoms with Crippen molar-refractivity contribution < 1.29 is 60.4 Å². The molecule has 0 atom stereocenters. The number of rotatable bonds is 0. The molecule has 0 aliphatic carbocycles. The fourth-order valence-electron chi connectivity index (χ4n) is 4.02. The summed E-state index contributed by atoms with van der Waals surface area (Å²) in [7, 11) is -3.95. The maximum Gasteiger partial charge on any atom is 0.0361 e. The van der Waals surface area contributed by atoms with Gasteiger partial charge >= 0.3 is 0 Å². The zero-order chi connectivity index (χ0) is 34.3. The topological polar surface area (TPSA) is 86.6 Å². The molecule has 0 radical (unpaired) electrons. The van der Waals surface area contributed by atoms with Crippen LogP contribution in [0.15, 0.2) is 0 Å². The molecular formula is C32H76Cl2O4P4Pd2-2. The zero-order valence-electron chi connectivity index (χ0n) is 32.9. The molecular weight excluding hydrogens is 856 g/mol. The third-order valence-electron chi connectivity index (χ3n) is 4.98. The zero-order valence-corrected chi connectivity index (χ0v) is 41.3. The van der Waals surface area contributed by atoms with Gasteiger partial charge in [-0.15, -0.1) is 24.8 Å². The molecule has 0 heterocycles. The normalized spacial score (nSPS) is 13.1. The average Bonchev–Trinajstić information content (AvgIpc) is 2.61. The van der Waals surface area contributed by atoms with Crippen molar-refractivity contribution in [3.8, 4) is 0 Å². The van der Waals surface area contributed by atoms with Crippen LogP contribution in [0.4, 0.5) is 0 Å². The van der Waals surface area contributed by atoms with Crippen molar-refractivity contribution in [3.05, 3.63) is 0 Å². The predicted octanol–water partition coefficient (Wildman–Crippen LogP) is 11.5. The van der Waals surface area contributed by atoms with Crippen LogP contribution in [-0.4, -0.2) is 51.0 Å². The van der Waals surface area contributed by atoms with E-state index in [0.29, 0.717) is 0 Å². The van der Waals surface area contributed by atoms with E-state index < -0.39 is 32.6 Å². The molecule has 0 aromatic rings. The second-order valence-corrected chi connectivity index (χ2v) is 31.7. The van der Waals surface area contributed by atoms with Crippen LogP contribution in [0, 0.1) is 0 Å². The Balaban J connectivity index is -0.0000000635. The molecule has 12 heteroatoms. The standard InChI is InChI=1S/2C8H19OP.2C8H18OP.2ClH.2Pd/c4*1-7(2,3)10(9)8(4,5)6;;;;/h2*9H,1-6H3;2*1-6H3;2*1H;;/q;;2*-1;;;;. The Morgan fingerprint density at radius 1 is 0.295 bits per heavy atom. The monoisotopic (exact) mass is 930 g/mol. The Kier molecular flexibility index (Phi) is 35.7. The summed E-state index contributed by atoms with van der Waals surface area (Å²) in [5, 5.41) is 0.0602. The summed E-state index contributed by atoms with van der Waals surface area (Å²) in [6, 6.07) is 0. The number of hydrogen-bond acceptors (Lipinski definition) is 4. The van der Waals surface area contributed by atoms with Gasteiger partial charge in [0, 0.05) is 77.8 Å². The van der Waals surface area contributed by atoms with E-state index in [1.54, 1.807) is 0 Å². The van der Waals surface area contributed by atoms with Crippen LogP contribution in [0.1, 0.15) is 166 Å². The first-order valence-corrected chi connectivity index (χ1v) is 19.7. The van der Waals surface area contributed by atoms with Gasteiger partial charge in [-0.25, -0.2) is 0 Å². The average molecular weight is 933 g/mol. The van der Waals surface area contributed by atoms with E-state index in [4.69, 9.17) is 0 Å². The molecule has 0 rings (SSSR count). The van der Waals surface area contributed by atoms with E-state index in [1.165, 1.54) is 0 Å². The van der Waals surface area contributed by atoms with Gasteiger partial charge in [-0.2, -0.15) is 16.3 Å². The maximum atomic E-state index is 11.6. The Bertz CT molecular complexity index is 517. The summed E-state index contributed by atoms with van der Waals surface area (Å²) >= 11 is 0. The van der Waals surface area contributed by atoms with Crippen LogP contribution < -0.4 is 9.79 Å². The van der Waals surface area contributed by atoms with E-state index in [0.717, 1.165) is 0 Å². The van der Waals surface area contributed by atoms with E-state index >= 15 is 0 Å². The van der Waals surface area contributed by atoms with Crippen LogP contribution in [0.5, 0.6) is 0 Å². The molecule has 284 valence electrons. The van der Waals surface area contributed by atoms with Crippen molar-refractivity contribution >= 4 is 57.4 Å². The van der Waals surface area contributed by atoms with Crippen molar-refractivity contribution in [1.29, 1.82) is 0 Å². The molecule has 0 aliphatic heterocycles. The maximum absolute atomic E-state index is 11.6. The first kappa shape index (κ1) is 65.8. The summed E-state index contributed by atoms with van der Waals surface area (Å²) in [4.78, 5) is 42.8. The fraction of sp³-hybridized carbons (Fsp3) is 1.00. The SMILES string of the molecule is CC(C)(C)P(O)C(C)(C)C.CC(C)(C)P(O)C(C)(C)C.CC(C)(C)P([O-])C(C)(C)C.CC(C)(C)P([O-])C(C)(C)C.Cl.Cl.[Pd].[Pd]. The summed E-state index contributed by atoms with van der Waals surface area (Å²) in [6.07, 6.45) is 0. The van der Waals surface area contributed by atoms with Crippen molar-refractivity contribution in [2.75, 3.05) is 0 Å². The molecule has 4 nitrogen and oxygen atoms in total. The van der Waals surface area contributed by atoms with Gasteiger partial charge in [0.05, 0.1) is 0 Å². The summed E-state index contributed by atoms with van der Waals surface area (Å²) in [6.45, 7) is 49.3. The van der Waals surface area contributed by atoms with Crippen LogP contribution in [0.2, 0.25) is 0 Å². The molecule has 0 saturated heterocycles. The minimum absolute atomic E-state index is 0. The number of hydrogen-bond donors (Lipinski definition) is 2. The number of halogens is 2. The summed E-state index contributed by atoms with van der Waals surface area (Å²) in [5.74, 6) is 0. The molecule has 0 aliphatic rings. The summed E-state index contributed by atoms with van der Waals surface area (Å²) < 4.78 is 0. The van der Waals surface area contributed by atoms with E-state index in [1.807, 2.05) is 83.1 Å². The molecule has 0 bridgehead atoms. The van der Waals surface area contributed by atoms with Crippen molar-refractivity contribution in [2.45, 2.75) is 207 Å². The molecule has 2 N–H and O–H groups in total. The van der Waals surface area contributed by atoms with Gasteiger partial charge in [-0.1, -0.05) is 166 Å². The third-order valence-corrected chi connectivity index (χ3v) is 14.9. The smallest absolute Gasteiger partial charge is 0.0361 e. The molecule has 0 aromatic carbocycles. The van der Waals surface area contributed by atoms with Crippen molar-refractivity contribution in [3.63, 3.8) is 0 Å². The second-order valence-electron chi connectivity index (χ2n) is 18.6. The minimum Gasteiger partial charge on any atom is -0.829 e. The van der Waals surface area contributed by atoms with Crippen LogP contribution in [0.25, 0.3) is 0 Å². The first-order chi connectivity index (χ1) is 16.6. The first-order valence-electron chi connectivity index (χ1n) is 14.6. The van der Waals surface area contributed by atoms with Gasteiger partial charge in [-0.05, 0) is 20.6 Å². The Morgan fingerprint density at radius 2 is 0.386 bits per heavy atom. The van der Waals surface area contributed by atoms with E-state index in [-0.39, 0.29) is 107 Å². The van der Waals surface area contributed by atoms with Gasteiger partial charge in [-0.3, -0.25) is 0 Å². The molecule has 0 amide bonds. The summed E-state index contributed by atoms with van der Waals surface area (Å²) in [5.41, 5.74) is 0. The van der Waals surface area contributed by atoms with Gasteiger partial charge in [0.1, 0.15) is 0 Å². The van der Waals surface area contributed by atoms with Crippen molar-refractivity contribution in [2.24, 2.45) is 0 Å². The molecule has 0 aromatic heterocycles. The predicted molar refractivity (Wildman–Crippen MR) is 205 cm³/mol. The molecule has 44 heavy (non-hydrogen) atoms. The molecule has 0 fully saturated rings. The Hall–Kier alpha value is 3.46. The molecule has 0 spiro atoms. The van der Waals surface area contributed by atoms with Gasteiger partial charge in [0.2, 0.25) is 0 Å². The van der Waals surface area contributed by atoms with Gasteiger partial charge < -0.3 is 19.6 Å². The quantitative estimate of drug-likeness (QED) is 0.187. The van der Waals surface area contributed by atoms with Crippen LogP contribution in [0.3, 0.4) is 0 Å². The second kappa shape index (κ2) is 23.8. The largest absolute Gasteiger partial charge is 0.829 e. The third kappa shape index (κ3) is 33.9. The van der Waals surface area contributed by atoms with Gasteiger partial charge in [0.15, 0.2) is 0 Å². The van der Waals surface area contributed by atoms with Crippen LogP contribution >= 0.6 is 57.4 Å². The Labute approximate surface area is 322 Å². The van der Waals surface area contributed by atoms with Crippen LogP contribution in [-0.2, 0) is 40.8 Å². The van der Waals surface area contributed by atoms with Crippen molar-refractivity contribution in [1.82, 2.24) is 0 Å². The van der Waals surface area contributed by atoms with E-state index in [9.17, 15) is 19.6 Å². The fourth-order valence-corrected chi connectivity index (χ4v) is 12.1. The Morgan fingerprint density at radius 3 is 0.386 bits per heavy atom. The molecule has 0 saturated carbocycles. The van der Waals surface area contributed by atoms with E-state index in [2.05, 4.69) is 83.1 Å². The minimum atomic E-state index is -1.11.